The van der Waals surface area contributed by atoms with Gasteiger partial charge in [-0.15, -0.1) is 0 Å². The third-order valence-corrected chi connectivity index (χ3v) is 31.3. The van der Waals surface area contributed by atoms with Crippen LogP contribution < -0.4 is 31.9 Å². The third kappa shape index (κ3) is 24.6. The van der Waals surface area contributed by atoms with Gasteiger partial charge in [0.25, 0.3) is 0 Å². The molecule has 6 N–H and O–H groups in total. The van der Waals surface area contributed by atoms with Crippen LogP contribution in [0.4, 0.5) is 17.8 Å². The molecule has 31 heteroatoms. The first-order valence-electron chi connectivity index (χ1n) is 49.1. The summed E-state index contributed by atoms with van der Waals surface area (Å²) >= 11 is 38.7. The van der Waals surface area contributed by atoms with Gasteiger partial charge < -0.3 is 64.9 Å². The van der Waals surface area contributed by atoms with Crippen LogP contribution in [0.2, 0.25) is 30.1 Å². The van der Waals surface area contributed by atoms with Crippen LogP contribution in [0.5, 0.6) is 0 Å². The molecule has 10 heterocycles. The molecule has 4 aliphatic heterocycles. The molecule has 714 valence electrons. The number of halogens is 6. The predicted molar refractivity (Wildman–Crippen MR) is 539 cm³/mol. The lowest BCUT2D eigenvalue weighted by molar-refractivity contribution is -0.172. The Labute approximate surface area is 819 Å². The van der Waals surface area contributed by atoms with Crippen molar-refractivity contribution in [2.24, 2.45) is 11.3 Å². The van der Waals surface area contributed by atoms with E-state index in [1.54, 1.807) is 18.0 Å². The number of ether oxygens (including phenoxy) is 2. The number of allylic oxidation sites excluding steroid dienone is 1. The molecule has 4 saturated heterocycles. The number of fused-ring (bicyclic) bond motifs is 3. The average Bonchev–Trinajstić information content (AvgIpc) is 1.53. The molecular formula is C103H130Cl6N20O5. The van der Waals surface area contributed by atoms with Crippen molar-refractivity contribution in [3.05, 3.63) is 176 Å². The van der Waals surface area contributed by atoms with Crippen molar-refractivity contribution in [1.29, 1.82) is 0 Å². The fourth-order valence-electron chi connectivity index (χ4n) is 21.4. The van der Waals surface area contributed by atoms with Gasteiger partial charge in [0.15, 0.2) is 0 Å². The van der Waals surface area contributed by atoms with E-state index in [2.05, 4.69) is 73.7 Å². The highest BCUT2D eigenvalue weighted by molar-refractivity contribution is 6.43. The first-order chi connectivity index (χ1) is 65.3. The van der Waals surface area contributed by atoms with Gasteiger partial charge in [0.1, 0.15) is 23.1 Å². The number of imidazole rings is 3. The molecule has 9 aromatic rings. The molecule has 6 aliphatic carbocycles. The van der Waals surface area contributed by atoms with E-state index in [9.17, 15) is 14.4 Å². The molecule has 0 spiro atoms. The number of amides is 2. The van der Waals surface area contributed by atoms with Gasteiger partial charge in [-0.2, -0.15) is 0 Å². The van der Waals surface area contributed by atoms with E-state index in [-0.39, 0.29) is 34.7 Å². The maximum absolute atomic E-state index is 12.5. The van der Waals surface area contributed by atoms with Crippen LogP contribution in [0.3, 0.4) is 0 Å². The second kappa shape index (κ2) is 47.0. The van der Waals surface area contributed by atoms with Gasteiger partial charge >= 0.3 is 5.97 Å². The van der Waals surface area contributed by atoms with E-state index in [0.29, 0.717) is 110 Å². The van der Waals surface area contributed by atoms with Crippen LogP contribution in [0.1, 0.15) is 235 Å². The van der Waals surface area contributed by atoms with Crippen molar-refractivity contribution in [2.75, 3.05) is 95.1 Å². The van der Waals surface area contributed by atoms with Crippen LogP contribution in [-0.2, 0) is 43.5 Å². The Kier molecular flexibility index (Phi) is 34.4. The molecule has 0 atom stereocenters. The number of piperidine rings is 4. The number of anilines is 3. The van der Waals surface area contributed by atoms with Gasteiger partial charge in [-0.3, -0.25) is 9.59 Å². The number of rotatable bonds is 30. The normalized spacial score (nSPS) is 20.3. The van der Waals surface area contributed by atoms with Gasteiger partial charge in [-0.05, 0) is 259 Å². The minimum atomic E-state index is -0.342. The maximum Gasteiger partial charge on any atom is 0.330 e. The molecule has 19 rings (SSSR count). The molecule has 6 aromatic heterocycles. The zero-order valence-corrected chi connectivity index (χ0v) is 82.1. The molecule has 2 bridgehead atoms. The third-order valence-electron chi connectivity index (χ3n) is 29.1. The van der Waals surface area contributed by atoms with E-state index in [4.69, 9.17) is 109 Å². The fraction of sp³-hybridized carbons (Fsp3) is 0.534. The van der Waals surface area contributed by atoms with Crippen molar-refractivity contribution >= 4 is 105 Å². The van der Waals surface area contributed by atoms with E-state index in [0.717, 1.165) is 286 Å². The molecule has 25 nitrogen and oxygen atoms in total. The summed E-state index contributed by atoms with van der Waals surface area (Å²) in [6.07, 6.45) is 44.6. The second-order valence-electron chi connectivity index (χ2n) is 38.0. The summed E-state index contributed by atoms with van der Waals surface area (Å²) < 4.78 is 19.3. The Morgan fingerprint density at radius 2 is 0.858 bits per heavy atom. The highest BCUT2D eigenvalue weighted by atomic mass is 35.5. The number of esters is 1. The van der Waals surface area contributed by atoms with Crippen LogP contribution in [0.25, 0.3) is 67.9 Å². The molecule has 2 amide bonds. The summed E-state index contributed by atoms with van der Waals surface area (Å²) in [6.45, 7) is 20.1. The summed E-state index contributed by atoms with van der Waals surface area (Å²) in [7, 11) is 1.74. The van der Waals surface area contributed by atoms with E-state index in [1.165, 1.54) is 76.0 Å². The monoisotopic (exact) mass is 1940 g/mol. The summed E-state index contributed by atoms with van der Waals surface area (Å²) in [5, 5.41) is 24.4. The zero-order valence-electron chi connectivity index (χ0n) is 77.6. The Bertz CT molecular complexity index is 5520. The highest BCUT2D eigenvalue weighted by Crippen LogP contribution is 2.56. The Morgan fingerprint density at radius 1 is 0.470 bits per heavy atom. The molecular weight excluding hydrogens is 1810 g/mol. The molecule has 134 heavy (non-hydrogen) atoms. The number of likely N-dealkylation sites (tertiary alicyclic amines) is 1. The number of hydrogen-bond donors (Lipinski definition) is 6. The van der Waals surface area contributed by atoms with Gasteiger partial charge in [-0.25, -0.2) is 49.7 Å². The number of hydrogen-bond acceptors (Lipinski definition) is 20. The standard InChI is InChI=1S/C37H46Cl2N6O2.C34H43Cl2N7O.C32H41Cl2N7O2/c1-2-6-31(46)47-37-17-14-36(15-18-37,16-19-37)24-45-33(30-13-22-41-35(43-30)42-27-7-4-3-5-8-27)32(26-9-10-28(38)29(39)23-26)44-34(45)25-11-20-40-21-12-25;1-2-30(44)42-19-13-23(14-20-42)15-21-43-32(29-12-18-38-34(40-29)39-26-6-4-3-5-7-26)31(25-8-9-27(35)28(36)22-25)41-33(43)24-10-16-37-17-11-24;1-3-28(42)40(2)17-19-43-20-18-41-30(27-13-16-36-32(38-27)37-24-7-5-4-6-8-24)29(23-9-10-25(33)26(34)21-23)39-31(41)22-11-14-35-15-12-22/h2,6,9-10,13,22-23,25,27,40H,3-5,7-8,11-12,14-21,24H2,1H3,(H,41,42,43);2,8-9,12,18,22-24,26,37H,1,3-7,10-11,13-17,19-21H2,(H,38,39,40);3,9-10,13,16,21-22,24,35H,1,4-8,11-12,14-15,17-20H2,2H3,(H,36,37,38)/b6-2+;;. The number of likely N-dealkylation sites (N-methyl/N-ethyl adjacent to an activating group) is 1. The molecule has 10 fully saturated rings. The quantitative estimate of drug-likeness (QED) is 0.0139. The molecule has 3 aromatic carbocycles. The largest absolute Gasteiger partial charge is 0.456 e. The number of benzene rings is 3. The SMILES string of the molecule is C/C=C/C(=O)OC12CCC(Cn3c(C4CCNCC4)nc(-c4ccc(Cl)c(Cl)c4)c3-c3ccnc(NC4CCCCC4)n3)(CC1)CC2.C=CC(=O)N(C)CCOCCn1c(C2CCNCC2)nc(-c2ccc(Cl)c(Cl)c2)c1-c1ccnc(NC2CCCCC2)n1.C=CC(=O)N1CCC(CCn2c(C3CCNCC3)nc(-c3ccc(Cl)c(Cl)c3)c2-c2ccnc(NC3CCCCC3)n2)CC1. The molecule has 6 saturated carbocycles. The highest BCUT2D eigenvalue weighted by Gasteiger charge is 2.52. The lowest BCUT2D eigenvalue weighted by atomic mass is 9.58. The summed E-state index contributed by atoms with van der Waals surface area (Å²) in [5.74, 6) is 6.41. The zero-order chi connectivity index (χ0) is 93.1. The Morgan fingerprint density at radius 3 is 1.24 bits per heavy atom. The topological polar surface area (TPSA) is 279 Å². The molecule has 10 aliphatic rings. The number of aromatic nitrogens is 12. The lowest BCUT2D eigenvalue weighted by Gasteiger charge is -2.53. The predicted octanol–water partition coefficient (Wildman–Crippen LogP) is 22.3. The molecule has 0 unspecified atom stereocenters. The van der Waals surface area contributed by atoms with E-state index < -0.39 is 0 Å². The van der Waals surface area contributed by atoms with Crippen LogP contribution in [-0.4, -0.2) is 189 Å². The smallest absolute Gasteiger partial charge is 0.330 e. The summed E-state index contributed by atoms with van der Waals surface area (Å²) in [5.41, 5.74) is 10.5. The van der Waals surface area contributed by atoms with Gasteiger partial charge in [-0.1, -0.05) is 165 Å². The van der Waals surface area contributed by atoms with Crippen molar-refractivity contribution in [3.8, 4) is 67.9 Å². The van der Waals surface area contributed by atoms with Crippen molar-refractivity contribution in [1.82, 2.24) is 84.3 Å². The minimum Gasteiger partial charge on any atom is -0.456 e. The van der Waals surface area contributed by atoms with Crippen molar-refractivity contribution < 1.29 is 23.9 Å². The van der Waals surface area contributed by atoms with Crippen molar-refractivity contribution in [3.63, 3.8) is 0 Å². The fourth-order valence-corrected chi connectivity index (χ4v) is 22.3. The van der Waals surface area contributed by atoms with E-state index in [1.807, 2.05) is 103 Å². The average molecular weight is 1940 g/mol. The first-order valence-corrected chi connectivity index (χ1v) is 51.4. The van der Waals surface area contributed by atoms with Crippen LogP contribution in [0, 0.1) is 11.3 Å². The Hall–Kier alpha value is -8.86. The van der Waals surface area contributed by atoms with Gasteiger partial charge in [0.05, 0.1) is 94.6 Å². The molecule has 0 radical (unpaired) electrons. The van der Waals surface area contributed by atoms with Crippen molar-refractivity contribution in [2.45, 2.75) is 261 Å². The van der Waals surface area contributed by atoms with Gasteiger partial charge in [0, 0.05) is 124 Å². The number of carbonyl (C=O) groups excluding carboxylic acids is 3. The Balaban J connectivity index is 0.000000146. The number of nitrogens with one attached hydrogen (secondary N) is 6. The van der Waals surface area contributed by atoms with Crippen LogP contribution in [0.15, 0.2) is 129 Å². The number of nitrogens with zero attached hydrogens (tertiary/aromatic N) is 14. The van der Waals surface area contributed by atoms with Crippen LogP contribution >= 0.6 is 69.6 Å². The summed E-state index contributed by atoms with van der Waals surface area (Å²) in [4.78, 5) is 85.3. The minimum absolute atomic E-state index is 0.0289. The van der Waals surface area contributed by atoms with Gasteiger partial charge in [0.2, 0.25) is 29.7 Å². The maximum atomic E-state index is 12.5. The lowest BCUT2D eigenvalue weighted by Crippen LogP contribution is -2.50. The first kappa shape index (κ1) is 98.2. The van der Waals surface area contributed by atoms with E-state index >= 15 is 0 Å². The number of carbonyl (C=O) groups is 3. The summed E-state index contributed by atoms with van der Waals surface area (Å²) in [6, 6.07) is 24.4. The second-order valence-corrected chi connectivity index (χ2v) is 40.5.